The molecule has 0 aliphatic carbocycles. The predicted molar refractivity (Wildman–Crippen MR) is 106 cm³/mol. The Labute approximate surface area is 163 Å². The monoisotopic (exact) mass is 369 g/mol. The zero-order valence-electron chi connectivity index (χ0n) is 15.7. The van der Waals surface area contributed by atoms with Gasteiger partial charge in [-0.15, -0.1) is 0 Å². The van der Waals surface area contributed by atoms with Gasteiger partial charge in [0.1, 0.15) is 11.8 Å². The van der Waals surface area contributed by atoms with Crippen molar-refractivity contribution in [3.8, 4) is 23.3 Å². The lowest BCUT2D eigenvalue weighted by atomic mass is 9.97. The number of carbonyl (C=O) groups is 1. The van der Waals surface area contributed by atoms with Crippen molar-refractivity contribution in [1.82, 2.24) is 4.57 Å². The molecule has 0 saturated heterocycles. The van der Waals surface area contributed by atoms with Gasteiger partial charge in [-0.05, 0) is 41.7 Å². The zero-order chi connectivity index (χ0) is 20.3. The molecule has 0 bridgehead atoms. The quantitative estimate of drug-likeness (QED) is 0.726. The number of carboxylic acid groups (broad SMARTS) is 1. The smallest absolute Gasteiger partial charge is 0.353 e. The Bertz CT molecular complexity index is 1110. The number of nitrogens with zero attached hydrogens (tertiary/aromatic N) is 3. The van der Waals surface area contributed by atoms with Gasteiger partial charge < -0.3 is 9.67 Å². The Morgan fingerprint density at radius 3 is 2.04 bits per heavy atom. The highest BCUT2D eigenvalue weighted by atomic mass is 16.4. The van der Waals surface area contributed by atoms with Crippen LogP contribution in [-0.2, 0) is 19.9 Å². The summed E-state index contributed by atoms with van der Waals surface area (Å²) in [7, 11) is 1.69. The van der Waals surface area contributed by atoms with E-state index in [1.807, 2.05) is 43.3 Å². The number of rotatable bonds is 5. The van der Waals surface area contributed by atoms with Gasteiger partial charge in [0, 0.05) is 18.3 Å². The molecule has 0 unspecified atom stereocenters. The molecule has 0 fully saturated rings. The van der Waals surface area contributed by atoms with Crippen molar-refractivity contribution < 1.29 is 9.90 Å². The third-order valence-corrected chi connectivity index (χ3v) is 4.90. The van der Waals surface area contributed by atoms with Gasteiger partial charge in [0.05, 0.1) is 17.2 Å². The lowest BCUT2D eigenvalue weighted by Crippen LogP contribution is -2.07. The molecular formula is C23H19N3O2. The van der Waals surface area contributed by atoms with Crippen molar-refractivity contribution in [2.75, 3.05) is 0 Å². The highest BCUT2D eigenvalue weighted by molar-refractivity contribution is 5.97. The van der Waals surface area contributed by atoms with Gasteiger partial charge in [-0.3, -0.25) is 0 Å². The molecule has 2 aromatic carbocycles. The summed E-state index contributed by atoms with van der Waals surface area (Å²) < 4.78 is 1.60. The van der Waals surface area contributed by atoms with Crippen LogP contribution in [0.5, 0.6) is 0 Å². The SMILES string of the molecule is CCc1c(C#N)c(-c2ccc(Cc3ccc(C#N)cc3)cc2)c(C(=O)O)n1C. The average Bonchev–Trinajstić information content (AvgIpc) is 3.00. The van der Waals surface area contributed by atoms with Crippen molar-refractivity contribution in [1.29, 1.82) is 10.5 Å². The Morgan fingerprint density at radius 1 is 1.00 bits per heavy atom. The summed E-state index contributed by atoms with van der Waals surface area (Å²) in [5.74, 6) is -1.05. The normalized spacial score (nSPS) is 10.3. The van der Waals surface area contributed by atoms with E-state index < -0.39 is 5.97 Å². The Morgan fingerprint density at radius 2 is 1.57 bits per heavy atom. The molecule has 1 aromatic heterocycles. The maximum atomic E-state index is 11.8. The van der Waals surface area contributed by atoms with E-state index in [1.54, 1.807) is 23.7 Å². The van der Waals surface area contributed by atoms with Gasteiger partial charge in [-0.25, -0.2) is 4.79 Å². The lowest BCUT2D eigenvalue weighted by molar-refractivity contribution is 0.0687. The van der Waals surface area contributed by atoms with Gasteiger partial charge in [0.2, 0.25) is 0 Å². The number of aromatic carboxylic acids is 1. The molecule has 0 saturated carbocycles. The van der Waals surface area contributed by atoms with Crippen molar-refractivity contribution in [3.05, 3.63) is 82.2 Å². The van der Waals surface area contributed by atoms with Crippen LogP contribution in [0.2, 0.25) is 0 Å². The molecule has 138 valence electrons. The predicted octanol–water partition coefficient (Wildman–Crippen LogP) is 4.29. The average molecular weight is 369 g/mol. The van der Waals surface area contributed by atoms with Crippen LogP contribution in [0.25, 0.3) is 11.1 Å². The van der Waals surface area contributed by atoms with E-state index in [9.17, 15) is 15.2 Å². The van der Waals surface area contributed by atoms with E-state index in [0.717, 1.165) is 16.8 Å². The number of hydrogen-bond donors (Lipinski definition) is 1. The minimum absolute atomic E-state index is 0.133. The fraction of sp³-hybridized carbons (Fsp3) is 0.174. The standard InChI is InChI=1S/C23H19N3O2/c1-3-20-19(14-25)21(22(23(27)28)26(20)2)18-10-8-16(9-11-18)12-15-4-6-17(13-24)7-5-15/h4-11H,3,12H2,1-2H3,(H,27,28). The first kappa shape index (κ1) is 18.9. The summed E-state index contributed by atoms with van der Waals surface area (Å²) in [6, 6.07) is 19.3. The van der Waals surface area contributed by atoms with Gasteiger partial charge >= 0.3 is 5.97 Å². The topological polar surface area (TPSA) is 89.8 Å². The summed E-state index contributed by atoms with van der Waals surface area (Å²) in [5.41, 5.74) is 5.23. The molecule has 0 amide bonds. The van der Waals surface area contributed by atoms with Crippen molar-refractivity contribution in [2.45, 2.75) is 19.8 Å². The second-order valence-corrected chi connectivity index (χ2v) is 6.56. The summed E-state index contributed by atoms with van der Waals surface area (Å²) in [6.07, 6.45) is 1.29. The van der Waals surface area contributed by atoms with Gasteiger partial charge in [0.25, 0.3) is 0 Å². The number of hydrogen-bond acceptors (Lipinski definition) is 3. The molecule has 0 aliphatic heterocycles. The van der Waals surface area contributed by atoms with E-state index in [0.29, 0.717) is 35.1 Å². The molecule has 1 N–H and O–H groups in total. The summed E-state index contributed by atoms with van der Waals surface area (Å²) in [5, 5.41) is 28.2. The van der Waals surface area contributed by atoms with E-state index in [-0.39, 0.29) is 5.69 Å². The highest BCUT2D eigenvalue weighted by Crippen LogP contribution is 2.33. The van der Waals surface area contributed by atoms with Gasteiger partial charge in [-0.1, -0.05) is 43.3 Å². The molecule has 5 heteroatoms. The molecule has 3 rings (SSSR count). The van der Waals surface area contributed by atoms with Crippen LogP contribution in [0.1, 0.15) is 45.4 Å². The molecule has 0 spiro atoms. The summed E-state index contributed by atoms with van der Waals surface area (Å²) >= 11 is 0. The van der Waals surface area contributed by atoms with Gasteiger partial charge in [-0.2, -0.15) is 10.5 Å². The molecule has 5 nitrogen and oxygen atoms in total. The second-order valence-electron chi connectivity index (χ2n) is 6.56. The van der Waals surface area contributed by atoms with Crippen LogP contribution in [0, 0.1) is 22.7 Å². The molecule has 0 aliphatic rings. The molecule has 0 radical (unpaired) electrons. The van der Waals surface area contributed by atoms with Crippen LogP contribution in [0.4, 0.5) is 0 Å². The largest absolute Gasteiger partial charge is 0.477 e. The zero-order valence-corrected chi connectivity index (χ0v) is 15.7. The second kappa shape index (κ2) is 7.82. The third-order valence-electron chi connectivity index (χ3n) is 4.90. The Hall–Kier alpha value is -3.83. The molecule has 1 heterocycles. The first-order valence-corrected chi connectivity index (χ1v) is 8.93. The lowest BCUT2D eigenvalue weighted by Gasteiger charge is -2.06. The molecule has 3 aromatic rings. The summed E-state index contributed by atoms with van der Waals surface area (Å²) in [6.45, 7) is 1.91. The first-order valence-electron chi connectivity index (χ1n) is 8.93. The number of benzene rings is 2. The maximum absolute atomic E-state index is 11.8. The van der Waals surface area contributed by atoms with Crippen molar-refractivity contribution in [3.63, 3.8) is 0 Å². The minimum Gasteiger partial charge on any atom is -0.477 e. The van der Waals surface area contributed by atoms with E-state index in [1.165, 1.54) is 0 Å². The Kier molecular flexibility index (Phi) is 5.29. The number of carboxylic acids is 1. The molecule has 28 heavy (non-hydrogen) atoms. The Balaban J connectivity index is 1.98. The van der Waals surface area contributed by atoms with Crippen LogP contribution >= 0.6 is 0 Å². The summed E-state index contributed by atoms with van der Waals surface area (Å²) in [4.78, 5) is 11.8. The maximum Gasteiger partial charge on any atom is 0.353 e. The third kappa shape index (κ3) is 3.39. The van der Waals surface area contributed by atoms with E-state index in [4.69, 9.17) is 5.26 Å². The van der Waals surface area contributed by atoms with Crippen LogP contribution in [0.15, 0.2) is 48.5 Å². The van der Waals surface area contributed by atoms with Crippen LogP contribution in [0.3, 0.4) is 0 Å². The van der Waals surface area contributed by atoms with E-state index in [2.05, 4.69) is 12.1 Å². The number of nitriles is 2. The fourth-order valence-corrected chi connectivity index (χ4v) is 3.52. The van der Waals surface area contributed by atoms with Gasteiger partial charge in [0.15, 0.2) is 0 Å². The van der Waals surface area contributed by atoms with Crippen LogP contribution < -0.4 is 0 Å². The fourth-order valence-electron chi connectivity index (χ4n) is 3.52. The first-order chi connectivity index (χ1) is 13.5. The minimum atomic E-state index is -1.05. The van der Waals surface area contributed by atoms with Crippen molar-refractivity contribution in [2.24, 2.45) is 7.05 Å². The molecule has 0 atom stereocenters. The van der Waals surface area contributed by atoms with E-state index >= 15 is 0 Å². The molecular weight excluding hydrogens is 350 g/mol. The number of aromatic nitrogens is 1. The highest BCUT2D eigenvalue weighted by Gasteiger charge is 2.25. The van der Waals surface area contributed by atoms with Crippen molar-refractivity contribution >= 4 is 5.97 Å². The van der Waals surface area contributed by atoms with Crippen LogP contribution in [-0.4, -0.2) is 15.6 Å².